The minimum Gasteiger partial charge on any atom is -0.444 e. The highest BCUT2D eigenvalue weighted by Crippen LogP contribution is 2.47. The number of ether oxygens (including phenoxy) is 1. The molecular weight excluding hydrogens is 701 g/mol. The molecule has 2 saturated carbocycles. The molecule has 53 heavy (non-hydrogen) atoms. The Morgan fingerprint density at radius 2 is 1.83 bits per heavy atom. The van der Waals surface area contributed by atoms with Crippen LogP contribution in [-0.2, 0) is 42.2 Å². The van der Waals surface area contributed by atoms with Crippen LogP contribution in [0.15, 0.2) is 24.3 Å². The fraction of sp³-hybridized carbons (Fsp3) is 0.658. The molecule has 4 bridgehead atoms. The maximum atomic E-state index is 14.6. The van der Waals surface area contributed by atoms with Crippen molar-refractivity contribution < 1.29 is 37.1 Å². The van der Waals surface area contributed by atoms with E-state index in [0.29, 0.717) is 38.8 Å². The van der Waals surface area contributed by atoms with E-state index in [1.807, 2.05) is 59.7 Å². The average molecular weight is 755 g/mol. The smallest absolute Gasteiger partial charge is 0.410 e. The lowest BCUT2D eigenvalue weighted by Gasteiger charge is -2.36. The fourth-order valence-electron chi connectivity index (χ4n) is 7.84. The Hall–Kier alpha value is -4.14. The van der Waals surface area contributed by atoms with E-state index in [1.165, 1.54) is 4.90 Å². The van der Waals surface area contributed by atoms with E-state index in [2.05, 4.69) is 32.8 Å². The summed E-state index contributed by atoms with van der Waals surface area (Å²) in [6, 6.07) is 3.18. The zero-order chi connectivity index (χ0) is 38.5. The van der Waals surface area contributed by atoms with Gasteiger partial charge in [-0.05, 0) is 80.4 Å². The Kier molecular flexibility index (Phi) is 10.4. The molecule has 2 aliphatic carbocycles. The van der Waals surface area contributed by atoms with Gasteiger partial charge < -0.3 is 25.6 Å². The highest BCUT2D eigenvalue weighted by Gasteiger charge is 2.62. The van der Waals surface area contributed by atoms with Gasteiger partial charge >= 0.3 is 12.1 Å². The van der Waals surface area contributed by atoms with Crippen LogP contribution in [0.3, 0.4) is 0 Å². The van der Waals surface area contributed by atoms with Crippen LogP contribution in [0.2, 0.25) is 0 Å². The van der Waals surface area contributed by atoms with Gasteiger partial charge in [-0.2, -0.15) is 0 Å². The number of fused-ring (bicyclic) bond motifs is 3. The van der Waals surface area contributed by atoms with Gasteiger partial charge in [0, 0.05) is 18.5 Å². The summed E-state index contributed by atoms with van der Waals surface area (Å²) in [7, 11) is -3.87. The van der Waals surface area contributed by atoms with E-state index in [-0.39, 0.29) is 25.3 Å². The zero-order valence-corrected chi connectivity index (χ0v) is 32.4. The first kappa shape index (κ1) is 38.6. The molecule has 5 atom stereocenters. The van der Waals surface area contributed by atoms with Gasteiger partial charge in [0.05, 0.1) is 18.3 Å². The van der Waals surface area contributed by atoms with Gasteiger partial charge in [-0.15, -0.1) is 0 Å². The number of allylic oxidation sites excluding steroid dienone is 1. The molecule has 14 nitrogen and oxygen atoms in total. The summed E-state index contributed by atoms with van der Waals surface area (Å²) in [6.45, 7) is 11.7. The molecule has 0 radical (unpaired) electrons. The predicted octanol–water partition coefficient (Wildman–Crippen LogP) is 3.69. The van der Waals surface area contributed by atoms with E-state index in [9.17, 15) is 32.4 Å². The molecule has 6 rings (SSSR count). The van der Waals surface area contributed by atoms with E-state index in [0.717, 1.165) is 29.5 Å². The Morgan fingerprint density at radius 1 is 1.09 bits per heavy atom. The van der Waals surface area contributed by atoms with Crippen molar-refractivity contribution in [2.45, 2.75) is 141 Å². The number of nitrogens with zero attached hydrogens (tertiary/aromatic N) is 2. The van der Waals surface area contributed by atoms with Gasteiger partial charge in [0.15, 0.2) is 0 Å². The second kappa shape index (κ2) is 14.3. The Bertz CT molecular complexity index is 1800. The molecule has 4 N–H and O–H groups in total. The molecular formula is C38H54N6O8S. The molecule has 5 aliphatic rings. The number of hydrogen-bond acceptors (Lipinski definition) is 8. The topological polar surface area (TPSA) is 183 Å². The van der Waals surface area contributed by atoms with Gasteiger partial charge in [0.1, 0.15) is 23.7 Å². The second-order valence-electron chi connectivity index (χ2n) is 17.1. The van der Waals surface area contributed by atoms with Crippen molar-refractivity contribution in [3.63, 3.8) is 0 Å². The van der Waals surface area contributed by atoms with Crippen LogP contribution in [0.4, 0.5) is 9.59 Å². The van der Waals surface area contributed by atoms with Crippen molar-refractivity contribution >= 4 is 45.9 Å². The maximum absolute atomic E-state index is 14.6. The summed E-state index contributed by atoms with van der Waals surface area (Å²) in [5, 5.41) is 8.09. The predicted molar refractivity (Wildman–Crippen MR) is 197 cm³/mol. The summed E-state index contributed by atoms with van der Waals surface area (Å²) in [5.74, 6) is -2.29. The number of hydrogen-bond donors (Lipinski definition) is 4. The highest BCUT2D eigenvalue weighted by atomic mass is 32.2. The molecule has 3 fully saturated rings. The van der Waals surface area contributed by atoms with Crippen LogP contribution in [0.5, 0.6) is 0 Å². The summed E-state index contributed by atoms with van der Waals surface area (Å²) in [4.78, 5) is 72.4. The van der Waals surface area contributed by atoms with E-state index in [4.69, 9.17) is 4.74 Å². The third-order valence-electron chi connectivity index (χ3n) is 11.3. The molecule has 15 heteroatoms. The van der Waals surface area contributed by atoms with Crippen molar-refractivity contribution in [1.82, 2.24) is 30.5 Å². The molecule has 1 aromatic carbocycles. The third-order valence-corrected chi connectivity index (χ3v) is 13.1. The van der Waals surface area contributed by atoms with Gasteiger partial charge in [0.2, 0.25) is 21.8 Å². The van der Waals surface area contributed by atoms with E-state index < -0.39 is 79.8 Å². The summed E-state index contributed by atoms with van der Waals surface area (Å²) in [6.07, 6.45) is 6.63. The van der Waals surface area contributed by atoms with Crippen LogP contribution >= 0.6 is 0 Å². The number of rotatable bonds is 6. The van der Waals surface area contributed by atoms with Crippen molar-refractivity contribution in [2.75, 3.05) is 6.54 Å². The largest absolute Gasteiger partial charge is 0.444 e. The van der Waals surface area contributed by atoms with Crippen molar-refractivity contribution in [3.8, 4) is 0 Å². The molecule has 3 heterocycles. The molecule has 1 saturated heterocycles. The minimum atomic E-state index is -3.87. The molecule has 6 amide bonds. The lowest BCUT2D eigenvalue weighted by atomic mass is 9.85. The zero-order valence-electron chi connectivity index (χ0n) is 31.6. The number of amides is 6. The average Bonchev–Trinajstić information content (AvgIpc) is 3.96. The molecule has 1 aromatic rings. The van der Waals surface area contributed by atoms with E-state index >= 15 is 0 Å². The van der Waals surface area contributed by atoms with Crippen molar-refractivity contribution in [2.24, 2.45) is 11.3 Å². The van der Waals surface area contributed by atoms with Crippen LogP contribution in [0, 0.1) is 11.3 Å². The van der Waals surface area contributed by atoms with Gasteiger partial charge in [-0.3, -0.25) is 24.0 Å². The van der Waals surface area contributed by atoms with Crippen LogP contribution in [-0.4, -0.2) is 89.1 Å². The first-order chi connectivity index (χ1) is 24.8. The summed E-state index contributed by atoms with van der Waals surface area (Å²) < 4.78 is 33.6. The number of carbonyl (C=O) groups excluding carboxylic acids is 5. The standard InChI is InChI=1S/C38H54N6O8S/c1-7-25-19-38(25,33(47)42-53(50,51)27-15-16-27)40-31(45)29-18-26-21-44(29)32(46)30(36(2,3)4)39-34(48)41-37(5,6)17-10-8-9-12-23-13-11-14-24-20-43(22-28(23)24)35(49)52-26/h9,11-14,25-27,29-30H,7-8,10,15-22H2,1-6H3,(H,40,45)(H,42,47)(H2,39,41,48)/b12-9+/t25-,26+,29-,30+,38+/m0/s1. The number of carbonyl (C=O) groups is 5. The van der Waals surface area contributed by atoms with Crippen LogP contribution < -0.4 is 20.7 Å². The van der Waals surface area contributed by atoms with E-state index in [1.54, 1.807) is 4.90 Å². The fourth-order valence-corrected chi connectivity index (χ4v) is 9.21. The molecule has 0 spiro atoms. The normalized spacial score (nSPS) is 29.7. The number of sulfonamides is 1. The Balaban J connectivity index is 1.29. The highest BCUT2D eigenvalue weighted by molar-refractivity contribution is 7.91. The number of nitrogens with one attached hydrogen (secondary N) is 4. The molecule has 0 aromatic heterocycles. The summed E-state index contributed by atoms with van der Waals surface area (Å²) in [5.41, 5.74) is 0.222. The second-order valence-corrected chi connectivity index (χ2v) is 19.1. The monoisotopic (exact) mass is 754 g/mol. The SMILES string of the molecule is CC[C@H]1C[C@]1(NC(=O)[C@@H]1C[C@@H]2CN1C(=O)[C@H](C(C)(C)C)NC(=O)NC(C)(C)CCC/C=C/c1cccc3c1CN(C3)C(=O)O2)C(=O)NS(=O)(=O)C1CC1. The Morgan fingerprint density at radius 3 is 2.49 bits per heavy atom. The first-order valence-corrected chi connectivity index (χ1v) is 20.4. The first-order valence-electron chi connectivity index (χ1n) is 18.8. The van der Waals surface area contributed by atoms with Gasteiger partial charge in [-0.25, -0.2) is 18.0 Å². The van der Waals surface area contributed by atoms with Crippen molar-refractivity contribution in [3.05, 3.63) is 41.0 Å². The maximum Gasteiger partial charge on any atom is 0.410 e. The number of urea groups is 1. The third kappa shape index (κ3) is 8.34. The lowest BCUT2D eigenvalue weighted by Crippen LogP contribution is -2.62. The van der Waals surface area contributed by atoms with Gasteiger partial charge in [0.25, 0.3) is 5.91 Å². The Labute approximate surface area is 312 Å². The van der Waals surface area contributed by atoms with Crippen LogP contribution in [0.1, 0.15) is 110 Å². The lowest BCUT2D eigenvalue weighted by molar-refractivity contribution is -0.142. The number of benzene rings is 1. The molecule has 3 aliphatic heterocycles. The van der Waals surface area contributed by atoms with Crippen molar-refractivity contribution in [1.29, 1.82) is 0 Å². The summed E-state index contributed by atoms with van der Waals surface area (Å²) >= 11 is 0. The molecule has 0 unspecified atom stereocenters. The van der Waals surface area contributed by atoms with Crippen LogP contribution in [0.25, 0.3) is 6.08 Å². The minimum absolute atomic E-state index is 0.0525. The van der Waals surface area contributed by atoms with Gasteiger partial charge in [-0.1, -0.05) is 64.5 Å². The molecule has 290 valence electrons. The quantitative estimate of drug-likeness (QED) is 0.339.